The number of hydrogen-bond acceptors (Lipinski definition) is 4. The molecule has 10 heteroatoms. The Kier molecular flexibility index (Phi) is 10.2. The van der Waals surface area contributed by atoms with E-state index in [1.807, 2.05) is 50.2 Å². The number of benzene rings is 3. The number of carbonyl (C=O) groups is 2. The van der Waals surface area contributed by atoms with E-state index in [9.17, 15) is 26.8 Å². The molecule has 0 radical (unpaired) electrons. The fourth-order valence-electron chi connectivity index (χ4n) is 4.01. The normalized spacial score (nSPS) is 12.2. The maximum atomic E-state index is 14.0. The van der Waals surface area contributed by atoms with Crippen molar-refractivity contribution in [2.24, 2.45) is 5.92 Å². The largest absolute Gasteiger partial charge is 0.354 e. The van der Waals surface area contributed by atoms with Crippen molar-refractivity contribution in [1.29, 1.82) is 0 Å². The molecular weight excluding hydrogens is 524 g/mol. The number of amides is 2. The Hall–Kier alpha value is -3.79. The fourth-order valence-corrected chi connectivity index (χ4v) is 4.85. The highest BCUT2D eigenvalue weighted by atomic mass is 32.2. The Morgan fingerprint density at radius 3 is 2.00 bits per heavy atom. The van der Waals surface area contributed by atoms with Crippen molar-refractivity contribution >= 4 is 27.5 Å². The summed E-state index contributed by atoms with van der Waals surface area (Å²) in [6.07, 6.45) is 1.06. The van der Waals surface area contributed by atoms with Crippen LogP contribution in [0.15, 0.2) is 78.9 Å². The second-order valence-electron chi connectivity index (χ2n) is 9.72. The molecule has 0 spiro atoms. The Morgan fingerprint density at radius 2 is 1.46 bits per heavy atom. The second kappa shape index (κ2) is 13.3. The van der Waals surface area contributed by atoms with Crippen molar-refractivity contribution in [1.82, 2.24) is 10.2 Å². The van der Waals surface area contributed by atoms with Gasteiger partial charge in [-0.15, -0.1) is 0 Å². The zero-order valence-corrected chi connectivity index (χ0v) is 23.0. The van der Waals surface area contributed by atoms with Crippen LogP contribution in [0.25, 0.3) is 0 Å². The predicted molar refractivity (Wildman–Crippen MR) is 147 cm³/mol. The van der Waals surface area contributed by atoms with Crippen molar-refractivity contribution in [3.05, 3.63) is 102 Å². The van der Waals surface area contributed by atoms with Crippen LogP contribution in [-0.4, -0.2) is 50.5 Å². The van der Waals surface area contributed by atoms with Crippen molar-refractivity contribution < 1.29 is 26.8 Å². The molecule has 208 valence electrons. The number of carbonyl (C=O) groups excluding carboxylic acids is 2. The number of sulfonamides is 1. The van der Waals surface area contributed by atoms with Gasteiger partial charge in [0.25, 0.3) is 0 Å². The minimum Gasteiger partial charge on any atom is -0.354 e. The summed E-state index contributed by atoms with van der Waals surface area (Å²) >= 11 is 0. The van der Waals surface area contributed by atoms with E-state index in [2.05, 4.69) is 5.32 Å². The van der Waals surface area contributed by atoms with Crippen LogP contribution in [0.2, 0.25) is 0 Å². The van der Waals surface area contributed by atoms with Crippen LogP contribution in [0.5, 0.6) is 0 Å². The van der Waals surface area contributed by atoms with Gasteiger partial charge in [-0.1, -0.05) is 74.5 Å². The van der Waals surface area contributed by atoms with Crippen molar-refractivity contribution in [2.45, 2.75) is 32.9 Å². The van der Waals surface area contributed by atoms with Gasteiger partial charge in [-0.2, -0.15) is 0 Å². The van der Waals surface area contributed by atoms with Gasteiger partial charge in [-0.3, -0.25) is 13.9 Å². The molecule has 0 unspecified atom stereocenters. The Morgan fingerprint density at radius 1 is 0.872 bits per heavy atom. The van der Waals surface area contributed by atoms with Gasteiger partial charge in [-0.05, 0) is 29.2 Å². The van der Waals surface area contributed by atoms with Crippen LogP contribution in [-0.2, 0) is 32.6 Å². The van der Waals surface area contributed by atoms with Crippen LogP contribution < -0.4 is 9.62 Å². The van der Waals surface area contributed by atoms with Crippen molar-refractivity contribution in [2.75, 3.05) is 23.7 Å². The maximum absolute atomic E-state index is 14.0. The van der Waals surface area contributed by atoms with Gasteiger partial charge in [0.1, 0.15) is 12.6 Å². The first-order valence-corrected chi connectivity index (χ1v) is 14.4. The summed E-state index contributed by atoms with van der Waals surface area (Å²) in [7, 11) is -4.08. The lowest BCUT2D eigenvalue weighted by Crippen LogP contribution is -2.53. The molecule has 1 atom stereocenters. The molecule has 3 rings (SSSR count). The first-order valence-electron chi connectivity index (χ1n) is 12.5. The lowest BCUT2D eigenvalue weighted by atomic mass is 10.0. The average molecular weight is 558 g/mol. The third-order valence-corrected chi connectivity index (χ3v) is 7.16. The molecule has 7 nitrogen and oxygen atoms in total. The first-order chi connectivity index (χ1) is 18.5. The fraction of sp³-hybridized carbons (Fsp3) is 0.310. The third-order valence-electron chi connectivity index (χ3n) is 6.02. The maximum Gasteiger partial charge on any atom is 0.244 e. The van der Waals surface area contributed by atoms with E-state index in [1.54, 1.807) is 24.3 Å². The molecule has 0 saturated heterocycles. The van der Waals surface area contributed by atoms with E-state index in [4.69, 9.17) is 0 Å². The molecule has 0 aliphatic carbocycles. The number of nitrogens with zero attached hydrogens (tertiary/aromatic N) is 2. The molecule has 0 saturated carbocycles. The molecular formula is C29H33F2N3O4S. The van der Waals surface area contributed by atoms with Crippen LogP contribution in [0.3, 0.4) is 0 Å². The summed E-state index contributed by atoms with van der Waals surface area (Å²) in [6, 6.07) is 19.9. The number of halogens is 2. The van der Waals surface area contributed by atoms with Gasteiger partial charge in [0.15, 0.2) is 11.6 Å². The van der Waals surface area contributed by atoms with E-state index in [0.29, 0.717) is 10.8 Å². The molecule has 3 aromatic rings. The highest BCUT2D eigenvalue weighted by Gasteiger charge is 2.33. The Bertz CT molecular complexity index is 1370. The summed E-state index contributed by atoms with van der Waals surface area (Å²) in [6.45, 7) is 3.61. The molecule has 0 bridgehead atoms. The Balaban J connectivity index is 2.03. The topological polar surface area (TPSA) is 86.8 Å². The summed E-state index contributed by atoms with van der Waals surface area (Å²) < 4.78 is 53.6. The van der Waals surface area contributed by atoms with Crippen LogP contribution in [0, 0.1) is 17.6 Å². The highest BCUT2D eigenvalue weighted by Crippen LogP contribution is 2.22. The van der Waals surface area contributed by atoms with Gasteiger partial charge < -0.3 is 10.2 Å². The molecule has 0 aromatic heterocycles. The van der Waals surface area contributed by atoms with Crippen molar-refractivity contribution in [3.8, 4) is 0 Å². The van der Waals surface area contributed by atoms with Gasteiger partial charge >= 0.3 is 0 Å². The molecule has 3 aromatic carbocycles. The molecule has 39 heavy (non-hydrogen) atoms. The van der Waals surface area contributed by atoms with Crippen LogP contribution in [0.1, 0.15) is 25.0 Å². The summed E-state index contributed by atoms with van der Waals surface area (Å²) in [4.78, 5) is 28.7. The minimum atomic E-state index is -4.08. The van der Waals surface area contributed by atoms with E-state index < -0.39 is 40.2 Å². The SMILES string of the molecule is CC(C)CNC(=O)[C@H](Cc1ccccc1)N(Cc1ccccc1)C(=O)CN(c1ccc(F)c(F)c1)S(C)(=O)=O. The standard InChI is InChI=1S/C29H33F2N3O4S/c1-21(2)18-32-29(36)27(16-22-10-6-4-7-11-22)33(19-23-12-8-5-9-13-23)28(35)20-34(39(3,37)38)24-14-15-25(30)26(31)17-24/h4-15,17,21,27H,16,18-20H2,1-3H3,(H,32,36)/t27-/m0/s1. The third kappa shape index (κ3) is 8.61. The molecule has 0 fully saturated rings. The quantitative estimate of drug-likeness (QED) is 0.363. The van der Waals surface area contributed by atoms with Crippen LogP contribution in [0.4, 0.5) is 14.5 Å². The lowest BCUT2D eigenvalue weighted by Gasteiger charge is -2.33. The monoisotopic (exact) mass is 557 g/mol. The Labute approximate surface area is 228 Å². The molecule has 2 amide bonds. The highest BCUT2D eigenvalue weighted by molar-refractivity contribution is 7.92. The zero-order valence-electron chi connectivity index (χ0n) is 22.2. The van der Waals surface area contributed by atoms with Gasteiger partial charge in [0.05, 0.1) is 11.9 Å². The first kappa shape index (κ1) is 29.8. The average Bonchev–Trinajstić information content (AvgIpc) is 2.90. The lowest BCUT2D eigenvalue weighted by molar-refractivity contribution is -0.140. The van der Waals surface area contributed by atoms with E-state index >= 15 is 0 Å². The van der Waals surface area contributed by atoms with E-state index in [0.717, 1.165) is 35.6 Å². The van der Waals surface area contributed by atoms with E-state index in [1.165, 1.54) is 4.90 Å². The number of anilines is 1. The zero-order chi connectivity index (χ0) is 28.6. The summed E-state index contributed by atoms with van der Waals surface area (Å²) in [5.74, 6) is -3.28. The molecule has 1 N–H and O–H groups in total. The summed E-state index contributed by atoms with van der Waals surface area (Å²) in [5.41, 5.74) is 1.35. The van der Waals surface area contributed by atoms with Crippen LogP contribution >= 0.6 is 0 Å². The van der Waals surface area contributed by atoms with E-state index in [-0.39, 0.29) is 30.5 Å². The predicted octanol–water partition coefficient (Wildman–Crippen LogP) is 4.14. The minimum absolute atomic E-state index is 0.0294. The molecule has 0 aliphatic rings. The molecule has 0 aliphatic heterocycles. The molecule has 0 heterocycles. The number of hydrogen-bond donors (Lipinski definition) is 1. The van der Waals surface area contributed by atoms with Gasteiger partial charge in [0.2, 0.25) is 21.8 Å². The number of nitrogens with one attached hydrogen (secondary N) is 1. The number of rotatable bonds is 12. The summed E-state index contributed by atoms with van der Waals surface area (Å²) in [5, 5.41) is 2.90. The van der Waals surface area contributed by atoms with Gasteiger partial charge in [0, 0.05) is 25.6 Å². The van der Waals surface area contributed by atoms with Crippen molar-refractivity contribution in [3.63, 3.8) is 0 Å². The smallest absolute Gasteiger partial charge is 0.244 e. The van der Waals surface area contributed by atoms with Gasteiger partial charge in [-0.25, -0.2) is 17.2 Å². The second-order valence-corrected chi connectivity index (χ2v) is 11.6.